The van der Waals surface area contributed by atoms with Gasteiger partial charge in [0.05, 0.1) is 5.41 Å². The molecule has 1 aromatic heterocycles. The predicted octanol–water partition coefficient (Wildman–Crippen LogP) is 16.4. The van der Waals surface area contributed by atoms with Crippen molar-refractivity contribution in [3.05, 3.63) is 259 Å². The Bertz CT molecular complexity index is 3510. The number of fused-ring (bicyclic) bond motifs is 15. The van der Waals surface area contributed by atoms with E-state index in [4.69, 9.17) is 4.42 Å². The van der Waals surface area contributed by atoms with Crippen LogP contribution in [0, 0.1) is 0 Å². The van der Waals surface area contributed by atoms with Crippen molar-refractivity contribution < 1.29 is 4.42 Å². The topological polar surface area (TPSA) is 16.4 Å². The Morgan fingerprint density at radius 1 is 0.270 bits per heavy atom. The minimum Gasteiger partial charge on any atom is -0.456 e. The minimum absolute atomic E-state index is 0.488. The summed E-state index contributed by atoms with van der Waals surface area (Å²) in [5, 5.41) is 2.21. The van der Waals surface area contributed by atoms with Crippen molar-refractivity contribution in [3.63, 3.8) is 0 Å². The van der Waals surface area contributed by atoms with Gasteiger partial charge in [0.1, 0.15) is 11.2 Å². The van der Waals surface area contributed by atoms with Crippen LogP contribution in [0.25, 0.3) is 77.6 Å². The third-order valence-electron chi connectivity index (χ3n) is 13.5. The molecule has 0 N–H and O–H groups in total. The van der Waals surface area contributed by atoms with E-state index in [0.29, 0.717) is 0 Å². The zero-order chi connectivity index (χ0) is 41.5. The van der Waals surface area contributed by atoms with Crippen molar-refractivity contribution in [1.82, 2.24) is 0 Å². The largest absolute Gasteiger partial charge is 0.456 e. The Labute approximate surface area is 366 Å². The lowest BCUT2D eigenvalue weighted by Gasteiger charge is -2.35. The van der Waals surface area contributed by atoms with E-state index in [1.807, 2.05) is 12.1 Å². The second kappa shape index (κ2) is 13.9. The Morgan fingerprint density at radius 2 is 0.698 bits per heavy atom. The van der Waals surface area contributed by atoms with Crippen LogP contribution in [0.1, 0.15) is 22.3 Å². The predicted molar refractivity (Wildman–Crippen MR) is 261 cm³/mol. The van der Waals surface area contributed by atoms with E-state index in [-0.39, 0.29) is 0 Å². The highest BCUT2D eigenvalue weighted by molar-refractivity contribution is 6.06. The van der Waals surface area contributed by atoms with Gasteiger partial charge in [-0.1, -0.05) is 182 Å². The number of nitrogens with zero attached hydrogens (tertiary/aromatic N) is 1. The van der Waals surface area contributed by atoms with Crippen LogP contribution >= 0.6 is 0 Å². The van der Waals surface area contributed by atoms with Gasteiger partial charge in [-0.05, 0) is 132 Å². The summed E-state index contributed by atoms with van der Waals surface area (Å²) in [6.07, 6.45) is 0. The molecule has 2 heteroatoms. The SMILES string of the molecule is c1ccc(-c2ccc(N(c3ccc(-c4ccc5c(c4)-c4ccccc4-c4ccccc4C54c5ccccc5-c5ccccc54)cc3)c3ccc4oc5ccccc5c4c3)cc2)cc1. The van der Waals surface area contributed by atoms with E-state index in [0.717, 1.165) is 44.6 Å². The van der Waals surface area contributed by atoms with Crippen molar-refractivity contribution in [1.29, 1.82) is 0 Å². The van der Waals surface area contributed by atoms with Gasteiger partial charge >= 0.3 is 0 Å². The maximum absolute atomic E-state index is 6.26. The van der Waals surface area contributed by atoms with Crippen LogP contribution in [0.2, 0.25) is 0 Å². The standard InChI is InChI=1S/C61H39NO/c1-2-14-40(15-3-1)41-26-31-44(32-27-41)62(46-35-37-60-54(39-46)52-21-9-13-25-59(52)63-60)45-33-28-42(29-34-45)43-30-36-58-53(38-43)48-17-5-4-16-47(48)49-18-6-10-22-55(49)61(58)56-23-11-7-19-50(56)51-20-8-12-24-57(51)61/h1-39H. The van der Waals surface area contributed by atoms with E-state index in [1.54, 1.807) is 0 Å². The quantitative estimate of drug-likeness (QED) is 0.172. The number of hydrogen-bond acceptors (Lipinski definition) is 2. The van der Waals surface area contributed by atoms with Crippen LogP contribution in [0.4, 0.5) is 17.1 Å². The third kappa shape index (κ3) is 5.32. The maximum atomic E-state index is 6.26. The highest BCUT2D eigenvalue weighted by Crippen LogP contribution is 2.61. The molecule has 13 rings (SSSR count). The molecule has 0 atom stereocenters. The third-order valence-corrected chi connectivity index (χ3v) is 13.5. The summed E-state index contributed by atoms with van der Waals surface area (Å²) in [4.78, 5) is 2.35. The lowest BCUT2D eigenvalue weighted by Crippen LogP contribution is -2.29. The fourth-order valence-electron chi connectivity index (χ4n) is 10.8. The smallest absolute Gasteiger partial charge is 0.135 e. The molecular formula is C61H39NO. The number of rotatable bonds is 5. The summed E-state index contributed by atoms with van der Waals surface area (Å²) in [5.74, 6) is 0. The Kier molecular flexibility index (Phi) is 7.85. The lowest BCUT2D eigenvalue weighted by molar-refractivity contribution is 0.669. The summed E-state index contributed by atoms with van der Waals surface area (Å²) in [6, 6.07) is 86.7. The zero-order valence-corrected chi connectivity index (χ0v) is 34.4. The number of hydrogen-bond donors (Lipinski definition) is 0. The molecule has 0 radical (unpaired) electrons. The van der Waals surface area contributed by atoms with E-state index in [1.165, 1.54) is 72.3 Å². The average Bonchev–Trinajstić information content (AvgIpc) is 3.85. The summed E-state index contributed by atoms with van der Waals surface area (Å²) in [7, 11) is 0. The first kappa shape index (κ1) is 35.5. The monoisotopic (exact) mass is 801 g/mol. The zero-order valence-electron chi connectivity index (χ0n) is 34.4. The highest BCUT2D eigenvalue weighted by atomic mass is 16.3. The van der Waals surface area contributed by atoms with Gasteiger partial charge in [0.25, 0.3) is 0 Å². The summed E-state index contributed by atoms with van der Waals surface area (Å²) >= 11 is 0. The molecule has 0 unspecified atom stereocenters. The summed E-state index contributed by atoms with van der Waals surface area (Å²) in [6.45, 7) is 0. The van der Waals surface area contributed by atoms with Gasteiger partial charge in [-0.3, -0.25) is 0 Å². The van der Waals surface area contributed by atoms with Crippen LogP contribution in [0.15, 0.2) is 241 Å². The first-order valence-electron chi connectivity index (χ1n) is 21.7. The number of para-hydroxylation sites is 1. The second-order valence-electron chi connectivity index (χ2n) is 16.8. The van der Waals surface area contributed by atoms with Crippen LogP contribution < -0.4 is 4.90 Å². The van der Waals surface area contributed by atoms with E-state index in [2.05, 4.69) is 229 Å². The summed E-state index contributed by atoms with van der Waals surface area (Å²) in [5.41, 5.74) is 22.2. The van der Waals surface area contributed by atoms with Gasteiger partial charge in [-0.15, -0.1) is 0 Å². The lowest BCUT2D eigenvalue weighted by atomic mass is 9.66. The van der Waals surface area contributed by atoms with Crippen LogP contribution in [-0.4, -0.2) is 0 Å². The molecule has 2 aliphatic carbocycles. The number of anilines is 3. The van der Waals surface area contributed by atoms with E-state index >= 15 is 0 Å². The van der Waals surface area contributed by atoms with Crippen LogP contribution in [0.3, 0.4) is 0 Å². The molecule has 11 aromatic rings. The molecular weight excluding hydrogens is 763 g/mol. The maximum Gasteiger partial charge on any atom is 0.135 e. The molecule has 0 saturated carbocycles. The van der Waals surface area contributed by atoms with Gasteiger partial charge in [0.15, 0.2) is 0 Å². The van der Waals surface area contributed by atoms with Crippen molar-refractivity contribution in [3.8, 4) is 55.6 Å². The second-order valence-corrected chi connectivity index (χ2v) is 16.8. The molecule has 2 nitrogen and oxygen atoms in total. The van der Waals surface area contributed by atoms with Crippen LogP contribution in [-0.2, 0) is 5.41 Å². The van der Waals surface area contributed by atoms with Gasteiger partial charge in [0.2, 0.25) is 0 Å². The van der Waals surface area contributed by atoms with E-state index in [9.17, 15) is 0 Å². The molecule has 1 spiro atoms. The molecule has 10 aromatic carbocycles. The first-order valence-corrected chi connectivity index (χ1v) is 21.7. The van der Waals surface area contributed by atoms with E-state index < -0.39 is 5.41 Å². The van der Waals surface area contributed by atoms with Crippen molar-refractivity contribution in [2.24, 2.45) is 0 Å². The average molecular weight is 802 g/mol. The minimum atomic E-state index is -0.488. The molecule has 63 heavy (non-hydrogen) atoms. The molecule has 0 amide bonds. The van der Waals surface area contributed by atoms with Crippen molar-refractivity contribution in [2.45, 2.75) is 5.41 Å². The molecule has 294 valence electrons. The Morgan fingerprint density at radius 3 is 1.33 bits per heavy atom. The molecule has 0 fully saturated rings. The number of benzene rings is 10. The van der Waals surface area contributed by atoms with Gasteiger partial charge in [-0.2, -0.15) is 0 Å². The summed E-state index contributed by atoms with van der Waals surface area (Å²) < 4.78 is 6.26. The molecule has 2 aliphatic rings. The first-order chi connectivity index (χ1) is 31.2. The Balaban J connectivity index is 0.970. The van der Waals surface area contributed by atoms with Gasteiger partial charge in [0, 0.05) is 27.8 Å². The number of furan rings is 1. The van der Waals surface area contributed by atoms with Gasteiger partial charge in [-0.25, -0.2) is 0 Å². The normalized spacial score (nSPS) is 12.9. The van der Waals surface area contributed by atoms with Crippen LogP contribution in [0.5, 0.6) is 0 Å². The van der Waals surface area contributed by atoms with Crippen molar-refractivity contribution in [2.75, 3.05) is 4.90 Å². The Hall–Kier alpha value is -8.20. The molecule has 0 saturated heterocycles. The fraction of sp³-hybridized carbons (Fsp3) is 0.0164. The fourth-order valence-corrected chi connectivity index (χ4v) is 10.8. The molecule has 0 aliphatic heterocycles. The van der Waals surface area contributed by atoms with Gasteiger partial charge < -0.3 is 9.32 Å². The van der Waals surface area contributed by atoms with Crippen molar-refractivity contribution >= 4 is 39.0 Å². The molecule has 1 heterocycles. The highest BCUT2D eigenvalue weighted by Gasteiger charge is 2.49. The molecule has 0 bridgehead atoms.